The van der Waals surface area contributed by atoms with E-state index < -0.39 is 0 Å². The van der Waals surface area contributed by atoms with E-state index in [1.165, 1.54) is 11.3 Å². The number of rotatable bonds is 5. The summed E-state index contributed by atoms with van der Waals surface area (Å²) in [5.41, 5.74) is 2.21. The number of halogens is 1. The minimum Gasteiger partial charge on any atom is -0.497 e. The van der Waals surface area contributed by atoms with Crippen LogP contribution in [0, 0.1) is 0 Å². The summed E-state index contributed by atoms with van der Waals surface area (Å²) in [4.78, 5) is 23.8. The van der Waals surface area contributed by atoms with E-state index in [0.717, 1.165) is 21.5 Å². The molecule has 0 radical (unpaired) electrons. The molecule has 0 saturated heterocycles. The third-order valence-corrected chi connectivity index (χ3v) is 5.49. The lowest BCUT2D eigenvalue weighted by Gasteiger charge is -2.20. The molecule has 0 N–H and O–H groups in total. The summed E-state index contributed by atoms with van der Waals surface area (Å²) in [5.74, 6) is 0.557. The summed E-state index contributed by atoms with van der Waals surface area (Å²) >= 11 is 7.55. The van der Waals surface area contributed by atoms with Gasteiger partial charge < -0.3 is 4.74 Å². The molecule has 28 heavy (non-hydrogen) atoms. The molecule has 140 valence electrons. The van der Waals surface area contributed by atoms with Crippen molar-refractivity contribution in [3.63, 3.8) is 0 Å². The summed E-state index contributed by atoms with van der Waals surface area (Å²) in [6.07, 6.45) is 3.45. The maximum atomic E-state index is 13.3. The molecule has 0 atom stereocenters. The first kappa shape index (κ1) is 18.4. The highest BCUT2D eigenvalue weighted by Gasteiger charge is 2.22. The lowest BCUT2D eigenvalue weighted by molar-refractivity contribution is 0.0985. The molecule has 7 heteroatoms. The molecular formula is C21H16ClN3O2S. The molecule has 0 fully saturated rings. The fourth-order valence-corrected chi connectivity index (χ4v) is 3.95. The molecule has 0 aliphatic rings. The van der Waals surface area contributed by atoms with Gasteiger partial charge in [0.1, 0.15) is 5.75 Å². The largest absolute Gasteiger partial charge is 0.497 e. The molecule has 1 amide bonds. The van der Waals surface area contributed by atoms with E-state index in [1.807, 2.05) is 30.3 Å². The molecule has 0 aliphatic carbocycles. The first-order chi connectivity index (χ1) is 13.6. The van der Waals surface area contributed by atoms with Gasteiger partial charge in [-0.1, -0.05) is 35.1 Å². The van der Waals surface area contributed by atoms with Gasteiger partial charge in [0, 0.05) is 29.0 Å². The Balaban J connectivity index is 1.77. The number of carbonyl (C=O) groups excluding carboxylic acids is 1. The van der Waals surface area contributed by atoms with Crippen molar-refractivity contribution in [2.45, 2.75) is 6.54 Å². The monoisotopic (exact) mass is 409 g/mol. The molecule has 0 bridgehead atoms. The van der Waals surface area contributed by atoms with E-state index in [-0.39, 0.29) is 5.91 Å². The molecular weight excluding hydrogens is 394 g/mol. The third kappa shape index (κ3) is 3.83. The third-order valence-electron chi connectivity index (χ3n) is 4.19. The number of hydrogen-bond donors (Lipinski definition) is 0. The number of nitrogens with zero attached hydrogens (tertiary/aromatic N) is 3. The number of fused-ring (bicyclic) bond motifs is 1. The van der Waals surface area contributed by atoms with Crippen LogP contribution in [-0.2, 0) is 6.54 Å². The SMILES string of the molecule is COc1ccc2sc(N(Cc3cccnc3)C(=O)c3cccc(Cl)c3)nc2c1. The molecule has 2 aromatic heterocycles. The molecule has 5 nitrogen and oxygen atoms in total. The Labute approximate surface area is 171 Å². The highest BCUT2D eigenvalue weighted by molar-refractivity contribution is 7.22. The lowest BCUT2D eigenvalue weighted by Crippen LogP contribution is -2.30. The van der Waals surface area contributed by atoms with E-state index in [9.17, 15) is 4.79 Å². The number of pyridine rings is 1. The average Bonchev–Trinajstić information content (AvgIpc) is 3.15. The quantitative estimate of drug-likeness (QED) is 0.454. The van der Waals surface area contributed by atoms with Gasteiger partial charge in [0.2, 0.25) is 0 Å². The first-order valence-electron chi connectivity index (χ1n) is 8.55. The molecule has 4 aromatic rings. The minimum atomic E-state index is -0.169. The molecule has 2 aromatic carbocycles. The molecule has 0 aliphatic heterocycles. The van der Waals surface area contributed by atoms with Gasteiger partial charge in [-0.2, -0.15) is 0 Å². The standard InChI is InChI=1S/C21H16ClN3O2S/c1-27-17-7-8-19-18(11-17)24-21(28-19)25(13-14-4-3-9-23-12-14)20(26)15-5-2-6-16(22)10-15/h2-12H,13H2,1H3. The molecule has 0 unspecified atom stereocenters. The van der Waals surface area contributed by atoms with Crippen LogP contribution in [0.1, 0.15) is 15.9 Å². The molecule has 4 rings (SSSR count). The van der Waals surface area contributed by atoms with Gasteiger partial charge in [0.15, 0.2) is 5.13 Å². The van der Waals surface area contributed by atoms with E-state index >= 15 is 0 Å². The second-order valence-corrected chi connectivity index (χ2v) is 7.54. The van der Waals surface area contributed by atoms with E-state index in [1.54, 1.807) is 48.7 Å². The van der Waals surface area contributed by atoms with Crippen LogP contribution < -0.4 is 9.64 Å². The second-order valence-electron chi connectivity index (χ2n) is 6.09. The predicted octanol–water partition coefficient (Wildman–Crippen LogP) is 5.20. The minimum absolute atomic E-state index is 0.169. The van der Waals surface area contributed by atoms with Crippen LogP contribution >= 0.6 is 22.9 Å². The highest BCUT2D eigenvalue weighted by Crippen LogP contribution is 2.33. The van der Waals surface area contributed by atoms with Crippen LogP contribution in [0.5, 0.6) is 5.75 Å². The summed E-state index contributed by atoms with van der Waals surface area (Å²) in [6.45, 7) is 0.357. The summed E-state index contributed by atoms with van der Waals surface area (Å²) < 4.78 is 6.26. The smallest absolute Gasteiger partial charge is 0.260 e. The van der Waals surface area contributed by atoms with Crippen molar-refractivity contribution >= 4 is 44.2 Å². The van der Waals surface area contributed by atoms with Gasteiger partial charge in [-0.3, -0.25) is 14.7 Å². The Hall–Kier alpha value is -2.96. The van der Waals surface area contributed by atoms with Gasteiger partial charge in [0.05, 0.1) is 23.9 Å². The lowest BCUT2D eigenvalue weighted by atomic mass is 10.2. The highest BCUT2D eigenvalue weighted by atomic mass is 35.5. The number of thiazole rings is 1. The molecule has 0 saturated carbocycles. The number of anilines is 1. The number of aromatic nitrogens is 2. The molecule has 2 heterocycles. The predicted molar refractivity (Wildman–Crippen MR) is 112 cm³/mol. The molecule has 0 spiro atoms. The first-order valence-corrected chi connectivity index (χ1v) is 9.74. The Morgan fingerprint density at radius 2 is 2.07 bits per heavy atom. The fraction of sp³-hybridized carbons (Fsp3) is 0.0952. The van der Waals surface area contributed by atoms with Crippen molar-refractivity contribution in [1.82, 2.24) is 9.97 Å². The van der Waals surface area contributed by atoms with Crippen LogP contribution in [0.2, 0.25) is 5.02 Å². The van der Waals surface area contributed by atoms with Crippen LogP contribution in [0.3, 0.4) is 0 Å². The number of methoxy groups -OCH3 is 1. The Morgan fingerprint density at radius 3 is 2.82 bits per heavy atom. The summed E-state index contributed by atoms with van der Waals surface area (Å²) in [5, 5.41) is 1.12. The maximum absolute atomic E-state index is 13.3. The van der Waals surface area contributed by atoms with Crippen molar-refractivity contribution in [3.8, 4) is 5.75 Å². The van der Waals surface area contributed by atoms with Gasteiger partial charge in [-0.25, -0.2) is 4.98 Å². The zero-order valence-electron chi connectivity index (χ0n) is 15.0. The Morgan fingerprint density at radius 1 is 1.18 bits per heavy atom. The Bertz CT molecular complexity index is 1130. The van der Waals surface area contributed by atoms with Crippen molar-refractivity contribution in [2.75, 3.05) is 12.0 Å². The van der Waals surface area contributed by atoms with E-state index in [4.69, 9.17) is 16.3 Å². The Kier molecular flexibility index (Phi) is 5.23. The van der Waals surface area contributed by atoms with Crippen molar-refractivity contribution in [2.24, 2.45) is 0 Å². The van der Waals surface area contributed by atoms with Crippen molar-refractivity contribution < 1.29 is 9.53 Å². The van der Waals surface area contributed by atoms with Crippen LogP contribution in [0.25, 0.3) is 10.2 Å². The number of benzene rings is 2. The van der Waals surface area contributed by atoms with Gasteiger partial charge in [-0.05, 0) is 42.0 Å². The summed E-state index contributed by atoms with van der Waals surface area (Å²) in [6, 6.07) is 16.4. The van der Waals surface area contributed by atoms with E-state index in [2.05, 4.69) is 9.97 Å². The van der Waals surface area contributed by atoms with Crippen molar-refractivity contribution in [1.29, 1.82) is 0 Å². The van der Waals surface area contributed by atoms with Gasteiger partial charge in [-0.15, -0.1) is 0 Å². The van der Waals surface area contributed by atoms with Gasteiger partial charge in [0.25, 0.3) is 5.91 Å². The normalized spacial score (nSPS) is 10.8. The number of amides is 1. The zero-order valence-corrected chi connectivity index (χ0v) is 16.6. The second kappa shape index (κ2) is 7.96. The van der Waals surface area contributed by atoms with Crippen LogP contribution in [0.15, 0.2) is 67.0 Å². The van der Waals surface area contributed by atoms with E-state index in [0.29, 0.717) is 22.3 Å². The topological polar surface area (TPSA) is 55.3 Å². The van der Waals surface area contributed by atoms with Crippen LogP contribution in [0.4, 0.5) is 5.13 Å². The number of carbonyl (C=O) groups is 1. The maximum Gasteiger partial charge on any atom is 0.260 e. The average molecular weight is 410 g/mol. The fourth-order valence-electron chi connectivity index (χ4n) is 2.82. The summed E-state index contributed by atoms with van der Waals surface area (Å²) in [7, 11) is 1.62. The van der Waals surface area contributed by atoms with Crippen molar-refractivity contribution in [3.05, 3.63) is 83.1 Å². The zero-order chi connectivity index (χ0) is 19.5. The number of hydrogen-bond acceptors (Lipinski definition) is 5. The number of ether oxygens (including phenoxy) is 1. The van der Waals surface area contributed by atoms with Gasteiger partial charge >= 0.3 is 0 Å². The van der Waals surface area contributed by atoms with Crippen LogP contribution in [-0.4, -0.2) is 23.0 Å².